The number of rotatable bonds is 4. The molecule has 0 aliphatic rings. The van der Waals surface area contributed by atoms with Crippen LogP contribution in [0.5, 0.6) is 0 Å². The molecule has 0 spiro atoms. The SMILES string of the molecule is [N-]=[N+]=NCCCn1c2ccccc2c2cnc3ccccc3c21. The summed E-state index contributed by atoms with van der Waals surface area (Å²) < 4.78 is 2.32. The molecular weight excluding hydrogens is 286 g/mol. The van der Waals surface area contributed by atoms with E-state index in [0.717, 1.165) is 23.9 Å². The zero-order valence-electron chi connectivity index (χ0n) is 12.6. The highest BCUT2D eigenvalue weighted by atomic mass is 15.1. The van der Waals surface area contributed by atoms with Gasteiger partial charge in [-0.2, -0.15) is 0 Å². The van der Waals surface area contributed by atoms with Gasteiger partial charge in [0.25, 0.3) is 0 Å². The zero-order chi connectivity index (χ0) is 15.6. The molecule has 2 aromatic heterocycles. The van der Waals surface area contributed by atoms with Crippen molar-refractivity contribution in [2.24, 2.45) is 5.11 Å². The molecule has 0 saturated carbocycles. The summed E-state index contributed by atoms with van der Waals surface area (Å²) in [6, 6.07) is 16.6. The van der Waals surface area contributed by atoms with Gasteiger partial charge in [0.05, 0.1) is 11.0 Å². The van der Waals surface area contributed by atoms with E-state index < -0.39 is 0 Å². The monoisotopic (exact) mass is 301 g/mol. The fourth-order valence-corrected chi connectivity index (χ4v) is 3.25. The van der Waals surface area contributed by atoms with E-state index in [1.54, 1.807) is 0 Å². The number of benzene rings is 2. The number of para-hydroxylation sites is 2. The summed E-state index contributed by atoms with van der Waals surface area (Å²) in [4.78, 5) is 7.44. The number of nitrogens with zero attached hydrogens (tertiary/aromatic N) is 5. The Kier molecular flexibility index (Phi) is 3.33. The molecule has 0 amide bonds. The second-order valence-electron chi connectivity index (χ2n) is 5.51. The average molecular weight is 301 g/mol. The third-order valence-corrected chi connectivity index (χ3v) is 4.21. The van der Waals surface area contributed by atoms with Crippen LogP contribution in [-0.4, -0.2) is 16.1 Å². The molecule has 5 nitrogen and oxygen atoms in total. The lowest BCUT2D eigenvalue weighted by Gasteiger charge is -2.08. The van der Waals surface area contributed by atoms with Gasteiger partial charge in [0.15, 0.2) is 0 Å². The molecule has 112 valence electrons. The Hall–Kier alpha value is -3.04. The predicted octanol–water partition coefficient (Wildman–Crippen LogP) is 5.04. The molecule has 2 heterocycles. The molecule has 0 saturated heterocycles. The minimum absolute atomic E-state index is 0.507. The second-order valence-corrected chi connectivity index (χ2v) is 5.51. The largest absolute Gasteiger partial charge is 0.340 e. The van der Waals surface area contributed by atoms with E-state index >= 15 is 0 Å². The van der Waals surface area contributed by atoms with Gasteiger partial charge in [-0.05, 0) is 24.1 Å². The molecule has 0 N–H and O–H groups in total. The smallest absolute Gasteiger partial charge is 0.0723 e. The first-order valence-corrected chi connectivity index (χ1v) is 7.65. The Bertz CT molecular complexity index is 1060. The van der Waals surface area contributed by atoms with E-state index in [2.05, 4.69) is 49.9 Å². The highest BCUT2D eigenvalue weighted by molar-refractivity contribution is 6.16. The van der Waals surface area contributed by atoms with Crippen molar-refractivity contribution in [1.29, 1.82) is 0 Å². The van der Waals surface area contributed by atoms with Crippen LogP contribution >= 0.6 is 0 Å². The van der Waals surface area contributed by atoms with E-state index in [0.29, 0.717) is 6.54 Å². The molecule has 4 rings (SSSR count). The van der Waals surface area contributed by atoms with Crippen LogP contribution in [0.2, 0.25) is 0 Å². The number of hydrogen-bond donors (Lipinski definition) is 0. The first kappa shape index (κ1) is 13.6. The van der Waals surface area contributed by atoms with E-state index in [1.165, 1.54) is 21.8 Å². The number of aryl methyl sites for hydroxylation is 1. The third-order valence-electron chi connectivity index (χ3n) is 4.21. The fourth-order valence-electron chi connectivity index (χ4n) is 3.25. The second kappa shape index (κ2) is 5.63. The van der Waals surface area contributed by atoms with Gasteiger partial charge in [0.2, 0.25) is 0 Å². The van der Waals surface area contributed by atoms with Gasteiger partial charge in [-0.25, -0.2) is 0 Å². The van der Waals surface area contributed by atoms with E-state index in [9.17, 15) is 0 Å². The Labute approximate surface area is 132 Å². The molecule has 0 aliphatic heterocycles. The molecule has 0 unspecified atom stereocenters. The van der Waals surface area contributed by atoms with Crippen LogP contribution in [0, 0.1) is 0 Å². The predicted molar refractivity (Wildman–Crippen MR) is 93.4 cm³/mol. The molecule has 0 bridgehead atoms. The van der Waals surface area contributed by atoms with Gasteiger partial charge in [-0.15, -0.1) is 0 Å². The maximum absolute atomic E-state index is 8.45. The quantitative estimate of drug-likeness (QED) is 0.225. The maximum Gasteiger partial charge on any atom is 0.0723 e. The lowest BCUT2D eigenvalue weighted by atomic mass is 10.1. The van der Waals surface area contributed by atoms with Crippen molar-refractivity contribution < 1.29 is 0 Å². The summed E-state index contributed by atoms with van der Waals surface area (Å²) in [5, 5.41) is 7.19. The summed E-state index contributed by atoms with van der Waals surface area (Å²) in [5.41, 5.74) is 11.9. The highest BCUT2D eigenvalue weighted by Gasteiger charge is 2.13. The van der Waals surface area contributed by atoms with Crippen molar-refractivity contribution in [3.05, 3.63) is 65.2 Å². The summed E-state index contributed by atoms with van der Waals surface area (Å²) >= 11 is 0. The third kappa shape index (κ3) is 2.18. The normalized spacial score (nSPS) is 11.1. The Balaban J connectivity index is 2.02. The molecule has 5 heteroatoms. The van der Waals surface area contributed by atoms with E-state index in [4.69, 9.17) is 5.53 Å². The maximum atomic E-state index is 8.45. The number of aromatic nitrogens is 2. The average Bonchev–Trinajstić information content (AvgIpc) is 2.93. The van der Waals surface area contributed by atoms with Crippen LogP contribution in [-0.2, 0) is 6.54 Å². The van der Waals surface area contributed by atoms with Crippen molar-refractivity contribution in [3.8, 4) is 0 Å². The van der Waals surface area contributed by atoms with Crippen molar-refractivity contribution in [2.75, 3.05) is 6.54 Å². The molecule has 2 aromatic carbocycles. The molecule has 0 fully saturated rings. The van der Waals surface area contributed by atoms with Crippen LogP contribution in [0.3, 0.4) is 0 Å². The molecule has 4 aromatic rings. The number of hydrogen-bond acceptors (Lipinski definition) is 2. The molecule has 0 aliphatic carbocycles. The summed E-state index contributed by atoms with van der Waals surface area (Å²) in [6.07, 6.45) is 2.78. The van der Waals surface area contributed by atoms with Crippen molar-refractivity contribution in [1.82, 2.24) is 9.55 Å². The summed E-state index contributed by atoms with van der Waals surface area (Å²) in [6.45, 7) is 1.32. The summed E-state index contributed by atoms with van der Waals surface area (Å²) in [5.74, 6) is 0. The van der Waals surface area contributed by atoms with Gasteiger partial charge >= 0.3 is 0 Å². The van der Waals surface area contributed by atoms with Gasteiger partial charge in [-0.3, -0.25) is 4.98 Å². The van der Waals surface area contributed by atoms with Gasteiger partial charge in [0, 0.05) is 45.9 Å². The number of fused-ring (bicyclic) bond motifs is 5. The van der Waals surface area contributed by atoms with Gasteiger partial charge < -0.3 is 4.57 Å². The molecular formula is C18H15N5. The Morgan fingerprint density at radius 1 is 1.00 bits per heavy atom. The standard InChI is InChI=1S/C18H15N5/c19-22-21-10-5-11-23-17-9-4-2-6-13(17)15-12-20-16-8-3-1-7-14(16)18(15)23/h1-4,6-9,12H,5,10-11H2. The van der Waals surface area contributed by atoms with E-state index in [-0.39, 0.29) is 0 Å². The topological polar surface area (TPSA) is 66.6 Å². The number of pyridine rings is 1. The first-order valence-electron chi connectivity index (χ1n) is 7.65. The highest BCUT2D eigenvalue weighted by Crippen LogP contribution is 2.33. The Morgan fingerprint density at radius 3 is 2.65 bits per heavy atom. The lowest BCUT2D eigenvalue weighted by molar-refractivity contribution is 0.686. The lowest BCUT2D eigenvalue weighted by Crippen LogP contribution is -1.99. The van der Waals surface area contributed by atoms with Crippen LogP contribution in [0.25, 0.3) is 43.2 Å². The van der Waals surface area contributed by atoms with E-state index in [1.807, 2.05) is 24.4 Å². The van der Waals surface area contributed by atoms with Crippen LogP contribution in [0.4, 0.5) is 0 Å². The van der Waals surface area contributed by atoms with Crippen molar-refractivity contribution in [2.45, 2.75) is 13.0 Å². The first-order chi connectivity index (χ1) is 11.4. The van der Waals surface area contributed by atoms with Gasteiger partial charge in [0.1, 0.15) is 0 Å². The molecule has 23 heavy (non-hydrogen) atoms. The minimum Gasteiger partial charge on any atom is -0.340 e. The zero-order valence-corrected chi connectivity index (χ0v) is 12.6. The fraction of sp³-hybridized carbons (Fsp3) is 0.167. The van der Waals surface area contributed by atoms with Crippen LogP contribution in [0.15, 0.2) is 59.8 Å². The minimum atomic E-state index is 0.507. The van der Waals surface area contributed by atoms with Crippen molar-refractivity contribution in [3.63, 3.8) is 0 Å². The summed E-state index contributed by atoms with van der Waals surface area (Å²) in [7, 11) is 0. The molecule has 0 atom stereocenters. The van der Waals surface area contributed by atoms with Crippen LogP contribution < -0.4 is 0 Å². The number of azide groups is 1. The Morgan fingerprint density at radius 2 is 1.78 bits per heavy atom. The van der Waals surface area contributed by atoms with Gasteiger partial charge in [-0.1, -0.05) is 41.5 Å². The molecule has 0 radical (unpaired) electrons. The van der Waals surface area contributed by atoms with Crippen LogP contribution in [0.1, 0.15) is 6.42 Å². The van der Waals surface area contributed by atoms with Crippen molar-refractivity contribution >= 4 is 32.7 Å².